The first-order valence-electron chi connectivity index (χ1n) is 7.72. The second-order valence-corrected chi connectivity index (χ2v) is 6.67. The van der Waals surface area contributed by atoms with Crippen LogP contribution in [0.15, 0.2) is 58.1 Å². The SMILES string of the molecule is O=c1sn(-c2cccc3c2CCC3)c(=O)n1Cc1ccccc1. The lowest BCUT2D eigenvalue weighted by molar-refractivity contribution is 0.722. The number of rotatable bonds is 3. The molecule has 1 aromatic heterocycles. The van der Waals surface area contributed by atoms with Crippen LogP contribution in [-0.4, -0.2) is 8.52 Å². The zero-order valence-electron chi connectivity index (χ0n) is 12.6. The molecule has 3 aromatic rings. The van der Waals surface area contributed by atoms with E-state index in [2.05, 4.69) is 6.07 Å². The summed E-state index contributed by atoms with van der Waals surface area (Å²) < 4.78 is 2.86. The van der Waals surface area contributed by atoms with Crippen molar-refractivity contribution in [3.63, 3.8) is 0 Å². The molecule has 4 rings (SSSR count). The summed E-state index contributed by atoms with van der Waals surface area (Å²) in [5, 5.41) is 0. The number of aromatic nitrogens is 2. The summed E-state index contributed by atoms with van der Waals surface area (Å²) in [7, 11) is 0. The second kappa shape index (κ2) is 5.66. The summed E-state index contributed by atoms with van der Waals surface area (Å²) in [6.07, 6.45) is 3.14. The smallest absolute Gasteiger partial charge is 0.255 e. The molecule has 0 saturated heterocycles. The highest BCUT2D eigenvalue weighted by Gasteiger charge is 2.19. The minimum Gasteiger partial charge on any atom is -0.255 e. The Morgan fingerprint density at radius 3 is 2.61 bits per heavy atom. The molecule has 0 unspecified atom stereocenters. The Hall–Kier alpha value is -2.40. The van der Waals surface area contributed by atoms with Gasteiger partial charge in [-0.3, -0.25) is 4.79 Å². The molecule has 0 atom stereocenters. The molecule has 0 spiro atoms. The van der Waals surface area contributed by atoms with Crippen molar-refractivity contribution in [2.45, 2.75) is 25.8 Å². The van der Waals surface area contributed by atoms with Gasteiger partial charge in [-0.05, 0) is 42.0 Å². The highest BCUT2D eigenvalue weighted by Crippen LogP contribution is 2.27. The van der Waals surface area contributed by atoms with Gasteiger partial charge in [0.2, 0.25) is 0 Å². The average Bonchev–Trinajstić information content (AvgIpc) is 3.15. The van der Waals surface area contributed by atoms with Crippen LogP contribution in [0.2, 0.25) is 0 Å². The van der Waals surface area contributed by atoms with Crippen LogP contribution in [0.3, 0.4) is 0 Å². The van der Waals surface area contributed by atoms with E-state index in [1.807, 2.05) is 42.5 Å². The molecule has 5 heteroatoms. The van der Waals surface area contributed by atoms with E-state index in [9.17, 15) is 9.59 Å². The third-order valence-electron chi connectivity index (χ3n) is 4.32. The normalized spacial score (nSPS) is 13.2. The first-order chi connectivity index (χ1) is 11.2. The first kappa shape index (κ1) is 14.2. The maximum atomic E-state index is 12.7. The summed E-state index contributed by atoms with van der Waals surface area (Å²) in [4.78, 5) is 24.8. The third-order valence-corrected chi connectivity index (χ3v) is 5.23. The number of benzene rings is 2. The van der Waals surface area contributed by atoms with Crippen LogP contribution in [-0.2, 0) is 19.4 Å². The zero-order chi connectivity index (χ0) is 15.8. The average molecular weight is 324 g/mol. The molecule has 0 fully saturated rings. The first-order valence-corrected chi connectivity index (χ1v) is 8.49. The van der Waals surface area contributed by atoms with Crippen LogP contribution in [0, 0.1) is 0 Å². The Morgan fingerprint density at radius 2 is 1.78 bits per heavy atom. The fourth-order valence-corrected chi connectivity index (χ4v) is 4.04. The number of hydrogen-bond acceptors (Lipinski definition) is 3. The van der Waals surface area contributed by atoms with Crippen LogP contribution >= 0.6 is 11.5 Å². The van der Waals surface area contributed by atoms with Crippen molar-refractivity contribution in [3.8, 4) is 5.69 Å². The van der Waals surface area contributed by atoms with Crippen molar-refractivity contribution in [1.82, 2.24) is 8.52 Å². The molecule has 0 bridgehead atoms. The molecule has 0 amide bonds. The monoisotopic (exact) mass is 324 g/mol. The maximum Gasteiger partial charge on any atom is 0.346 e. The van der Waals surface area contributed by atoms with Crippen molar-refractivity contribution < 1.29 is 0 Å². The largest absolute Gasteiger partial charge is 0.346 e. The van der Waals surface area contributed by atoms with E-state index in [0.29, 0.717) is 6.54 Å². The summed E-state index contributed by atoms with van der Waals surface area (Å²) >= 11 is 0.991. The molecule has 1 heterocycles. The lowest BCUT2D eigenvalue weighted by Crippen LogP contribution is -2.29. The molecule has 23 heavy (non-hydrogen) atoms. The molecule has 0 aliphatic heterocycles. The van der Waals surface area contributed by atoms with Crippen molar-refractivity contribution in [3.05, 3.63) is 85.4 Å². The van der Waals surface area contributed by atoms with E-state index in [1.165, 1.54) is 15.7 Å². The fourth-order valence-electron chi connectivity index (χ4n) is 3.19. The molecule has 4 nitrogen and oxygen atoms in total. The zero-order valence-corrected chi connectivity index (χ0v) is 13.4. The standard InChI is InChI=1S/C18H16N2O2S/c21-17-19(12-13-6-2-1-3-7-13)18(22)23-20(17)16-11-5-9-14-8-4-10-15(14)16/h1-3,5-7,9,11H,4,8,10,12H2. The van der Waals surface area contributed by atoms with Crippen LogP contribution in [0.1, 0.15) is 23.1 Å². The Kier molecular flexibility index (Phi) is 3.50. The third kappa shape index (κ3) is 2.47. The molecule has 1 aliphatic rings. The maximum absolute atomic E-state index is 12.7. The van der Waals surface area contributed by atoms with Crippen LogP contribution in [0.4, 0.5) is 0 Å². The molecule has 2 aromatic carbocycles. The van der Waals surface area contributed by atoms with Gasteiger partial charge in [-0.15, -0.1) is 0 Å². The van der Waals surface area contributed by atoms with Gasteiger partial charge >= 0.3 is 10.6 Å². The number of nitrogens with zero attached hydrogens (tertiary/aromatic N) is 2. The lowest BCUT2D eigenvalue weighted by atomic mass is 10.1. The predicted octanol–water partition coefficient (Wildman–Crippen LogP) is 2.60. The molecule has 0 saturated carbocycles. The van der Waals surface area contributed by atoms with Crippen molar-refractivity contribution in [2.24, 2.45) is 0 Å². The highest BCUT2D eigenvalue weighted by molar-refractivity contribution is 7.03. The quantitative estimate of drug-likeness (QED) is 0.743. The summed E-state index contributed by atoms with van der Waals surface area (Å²) in [5.41, 5.74) is 4.09. The molecular weight excluding hydrogens is 308 g/mol. The van der Waals surface area contributed by atoms with Gasteiger partial charge in [-0.25, -0.2) is 13.3 Å². The van der Waals surface area contributed by atoms with Gasteiger partial charge in [0, 0.05) is 11.5 Å². The Bertz CT molecular complexity index is 967. The molecule has 1 aliphatic carbocycles. The van der Waals surface area contributed by atoms with Gasteiger partial charge in [0.25, 0.3) is 0 Å². The van der Waals surface area contributed by atoms with Crippen molar-refractivity contribution in [1.29, 1.82) is 0 Å². The van der Waals surface area contributed by atoms with Gasteiger partial charge in [0.15, 0.2) is 0 Å². The van der Waals surface area contributed by atoms with Gasteiger partial charge < -0.3 is 0 Å². The predicted molar refractivity (Wildman–Crippen MR) is 91.7 cm³/mol. The fraction of sp³-hybridized carbons (Fsp3) is 0.222. The lowest BCUT2D eigenvalue weighted by Gasteiger charge is -2.07. The van der Waals surface area contributed by atoms with E-state index in [1.54, 1.807) is 3.96 Å². The van der Waals surface area contributed by atoms with E-state index < -0.39 is 0 Å². The van der Waals surface area contributed by atoms with Gasteiger partial charge in [-0.1, -0.05) is 42.5 Å². The highest BCUT2D eigenvalue weighted by atomic mass is 32.1. The number of hydrogen-bond donors (Lipinski definition) is 0. The van der Waals surface area contributed by atoms with Crippen molar-refractivity contribution in [2.75, 3.05) is 0 Å². The summed E-state index contributed by atoms with van der Waals surface area (Å²) in [6.45, 7) is 0.316. The van der Waals surface area contributed by atoms with Crippen molar-refractivity contribution >= 4 is 11.5 Å². The van der Waals surface area contributed by atoms with Gasteiger partial charge in [0.05, 0.1) is 12.2 Å². The molecule has 0 radical (unpaired) electrons. The summed E-state index contributed by atoms with van der Waals surface area (Å²) in [6, 6.07) is 15.6. The van der Waals surface area contributed by atoms with Crippen LogP contribution < -0.4 is 10.6 Å². The Labute approximate surface area is 137 Å². The summed E-state index contributed by atoms with van der Waals surface area (Å²) in [5.74, 6) is 0. The second-order valence-electron chi connectivity index (χ2n) is 5.77. The van der Waals surface area contributed by atoms with E-state index in [0.717, 1.165) is 42.0 Å². The minimum atomic E-state index is -0.246. The van der Waals surface area contributed by atoms with Crippen LogP contribution in [0.5, 0.6) is 0 Å². The van der Waals surface area contributed by atoms with E-state index >= 15 is 0 Å². The number of aryl methyl sites for hydroxylation is 1. The Balaban J connectivity index is 1.81. The van der Waals surface area contributed by atoms with Gasteiger partial charge in [0.1, 0.15) is 0 Å². The molecule has 116 valence electrons. The molecule has 0 N–H and O–H groups in total. The van der Waals surface area contributed by atoms with Crippen LogP contribution in [0.25, 0.3) is 5.69 Å². The molecular formula is C18H16N2O2S. The van der Waals surface area contributed by atoms with Gasteiger partial charge in [-0.2, -0.15) is 0 Å². The minimum absolute atomic E-state index is 0.213. The Morgan fingerprint density at radius 1 is 0.957 bits per heavy atom. The number of fused-ring (bicyclic) bond motifs is 1. The van der Waals surface area contributed by atoms with E-state index in [4.69, 9.17) is 0 Å². The van der Waals surface area contributed by atoms with E-state index in [-0.39, 0.29) is 10.6 Å². The topological polar surface area (TPSA) is 44.0 Å².